The summed E-state index contributed by atoms with van der Waals surface area (Å²) in [5.41, 5.74) is 0.860. The highest BCUT2D eigenvalue weighted by Gasteiger charge is 2.46. The van der Waals surface area contributed by atoms with Gasteiger partial charge in [-0.1, -0.05) is 32.4 Å². The first kappa shape index (κ1) is 16.5. The van der Waals surface area contributed by atoms with E-state index in [1.165, 1.54) is 12.1 Å². The lowest BCUT2D eigenvalue weighted by Crippen LogP contribution is -2.51. The first-order valence-electron chi connectivity index (χ1n) is 9.04. The van der Waals surface area contributed by atoms with E-state index in [0.29, 0.717) is 11.8 Å². The van der Waals surface area contributed by atoms with E-state index < -0.39 is 0 Å². The lowest BCUT2D eigenvalue weighted by molar-refractivity contribution is -0.149. The minimum absolute atomic E-state index is 0.210. The Labute approximate surface area is 139 Å². The Morgan fingerprint density at radius 3 is 2.30 bits per heavy atom. The third-order valence-corrected chi connectivity index (χ3v) is 5.99. The van der Waals surface area contributed by atoms with Crippen LogP contribution in [0.1, 0.15) is 51.5 Å². The summed E-state index contributed by atoms with van der Waals surface area (Å²) >= 11 is 0. The second kappa shape index (κ2) is 6.62. The van der Waals surface area contributed by atoms with Crippen molar-refractivity contribution in [2.75, 3.05) is 13.1 Å². The first-order chi connectivity index (χ1) is 11.0. The van der Waals surface area contributed by atoms with Gasteiger partial charge in [0.1, 0.15) is 5.82 Å². The molecule has 1 amide bonds. The molecule has 126 valence electrons. The number of hydrogen-bond donors (Lipinski definition) is 0. The third kappa shape index (κ3) is 3.44. The van der Waals surface area contributed by atoms with Crippen molar-refractivity contribution in [2.24, 2.45) is 17.3 Å². The van der Waals surface area contributed by atoms with Crippen LogP contribution in [0.3, 0.4) is 0 Å². The van der Waals surface area contributed by atoms with Crippen molar-refractivity contribution in [3.8, 4) is 0 Å². The number of likely N-dealkylation sites (tertiary alicyclic amines) is 1. The molecule has 3 rings (SSSR count). The van der Waals surface area contributed by atoms with Gasteiger partial charge in [0.25, 0.3) is 0 Å². The van der Waals surface area contributed by atoms with Crippen LogP contribution in [0.5, 0.6) is 0 Å². The number of halogens is 1. The zero-order valence-corrected chi connectivity index (χ0v) is 14.4. The average molecular weight is 317 g/mol. The summed E-state index contributed by atoms with van der Waals surface area (Å²) in [6, 6.07) is 6.65. The van der Waals surface area contributed by atoms with Gasteiger partial charge in [-0.3, -0.25) is 4.79 Å². The van der Waals surface area contributed by atoms with Crippen LogP contribution in [0.25, 0.3) is 0 Å². The van der Waals surface area contributed by atoms with Gasteiger partial charge in [0, 0.05) is 13.1 Å². The lowest BCUT2D eigenvalue weighted by Gasteiger charge is -2.45. The van der Waals surface area contributed by atoms with E-state index in [2.05, 4.69) is 18.7 Å². The van der Waals surface area contributed by atoms with E-state index >= 15 is 0 Å². The SMILES string of the molecule is CC(C)C1CCN(C(=O)C2(Cc3ccc(F)cc3)CCC2)CC1. The van der Waals surface area contributed by atoms with Gasteiger partial charge in [-0.05, 0) is 61.6 Å². The normalized spacial score (nSPS) is 21.3. The standard InChI is InChI=1S/C20H28FNO/c1-15(2)17-8-12-22(13-9-17)19(23)20(10-3-11-20)14-16-4-6-18(21)7-5-16/h4-7,15,17H,3,8-14H2,1-2H3. The van der Waals surface area contributed by atoms with Gasteiger partial charge in [0.2, 0.25) is 5.91 Å². The highest BCUT2D eigenvalue weighted by molar-refractivity contribution is 5.84. The molecule has 1 heterocycles. The van der Waals surface area contributed by atoms with E-state index in [9.17, 15) is 9.18 Å². The predicted octanol–water partition coefficient (Wildman–Crippen LogP) is 4.43. The van der Waals surface area contributed by atoms with Crippen molar-refractivity contribution in [3.63, 3.8) is 0 Å². The number of nitrogens with zero attached hydrogens (tertiary/aromatic N) is 1. The summed E-state index contributed by atoms with van der Waals surface area (Å²) in [6.07, 6.45) is 6.12. The van der Waals surface area contributed by atoms with Crippen molar-refractivity contribution < 1.29 is 9.18 Å². The molecular formula is C20H28FNO. The molecule has 0 N–H and O–H groups in total. The number of benzene rings is 1. The summed E-state index contributed by atoms with van der Waals surface area (Å²) in [5, 5.41) is 0. The summed E-state index contributed by atoms with van der Waals surface area (Å²) in [7, 11) is 0. The number of hydrogen-bond acceptors (Lipinski definition) is 1. The molecule has 23 heavy (non-hydrogen) atoms. The molecule has 1 saturated carbocycles. The molecule has 1 saturated heterocycles. The van der Waals surface area contributed by atoms with Gasteiger partial charge in [-0.2, -0.15) is 0 Å². The molecule has 0 radical (unpaired) electrons. The quantitative estimate of drug-likeness (QED) is 0.804. The Bertz CT molecular complexity index is 539. The van der Waals surface area contributed by atoms with Crippen LogP contribution in [-0.2, 0) is 11.2 Å². The molecule has 1 aromatic carbocycles. The number of carbonyl (C=O) groups is 1. The van der Waals surface area contributed by atoms with Gasteiger partial charge < -0.3 is 4.90 Å². The molecule has 1 aliphatic carbocycles. The van der Waals surface area contributed by atoms with Crippen molar-refractivity contribution in [2.45, 2.75) is 52.4 Å². The van der Waals surface area contributed by atoms with Crippen LogP contribution >= 0.6 is 0 Å². The first-order valence-corrected chi connectivity index (χ1v) is 9.04. The van der Waals surface area contributed by atoms with Crippen LogP contribution in [0.2, 0.25) is 0 Å². The summed E-state index contributed by atoms with van der Waals surface area (Å²) in [4.78, 5) is 15.2. The molecule has 2 nitrogen and oxygen atoms in total. The minimum Gasteiger partial charge on any atom is -0.342 e. The molecule has 0 atom stereocenters. The largest absolute Gasteiger partial charge is 0.342 e. The van der Waals surface area contributed by atoms with Gasteiger partial charge in [-0.25, -0.2) is 4.39 Å². The van der Waals surface area contributed by atoms with E-state index in [-0.39, 0.29) is 11.2 Å². The molecule has 0 aromatic heterocycles. The van der Waals surface area contributed by atoms with E-state index in [1.54, 1.807) is 0 Å². The summed E-state index contributed by atoms with van der Waals surface area (Å²) in [5.74, 6) is 1.60. The van der Waals surface area contributed by atoms with Crippen LogP contribution in [0.15, 0.2) is 24.3 Å². The lowest BCUT2D eigenvalue weighted by atomic mass is 9.64. The van der Waals surface area contributed by atoms with Crippen LogP contribution in [0, 0.1) is 23.1 Å². The average Bonchev–Trinajstić information content (AvgIpc) is 2.52. The zero-order chi connectivity index (χ0) is 16.4. The topological polar surface area (TPSA) is 20.3 Å². The summed E-state index contributed by atoms with van der Waals surface area (Å²) < 4.78 is 13.1. The number of rotatable bonds is 4. The van der Waals surface area contributed by atoms with Gasteiger partial charge in [0.05, 0.1) is 5.41 Å². The zero-order valence-electron chi connectivity index (χ0n) is 14.4. The Morgan fingerprint density at radius 2 is 1.83 bits per heavy atom. The van der Waals surface area contributed by atoms with Crippen molar-refractivity contribution in [1.82, 2.24) is 4.90 Å². The van der Waals surface area contributed by atoms with E-state index in [4.69, 9.17) is 0 Å². The van der Waals surface area contributed by atoms with Crippen molar-refractivity contribution >= 4 is 5.91 Å². The van der Waals surface area contributed by atoms with Crippen LogP contribution < -0.4 is 0 Å². The fourth-order valence-corrected chi connectivity index (χ4v) is 4.17. The Hall–Kier alpha value is -1.38. The molecule has 0 spiro atoms. The Morgan fingerprint density at radius 1 is 1.22 bits per heavy atom. The smallest absolute Gasteiger partial charge is 0.229 e. The van der Waals surface area contributed by atoms with Gasteiger partial charge >= 0.3 is 0 Å². The Balaban J connectivity index is 1.66. The molecule has 1 aromatic rings. The van der Waals surface area contributed by atoms with Crippen molar-refractivity contribution in [3.05, 3.63) is 35.6 Å². The second-order valence-electron chi connectivity index (χ2n) is 7.81. The minimum atomic E-state index is -0.220. The fraction of sp³-hybridized carbons (Fsp3) is 0.650. The number of amides is 1. The van der Waals surface area contributed by atoms with E-state index in [0.717, 1.165) is 63.1 Å². The molecular weight excluding hydrogens is 289 g/mol. The maximum Gasteiger partial charge on any atom is 0.229 e. The maximum atomic E-state index is 13.1. The maximum absolute atomic E-state index is 13.1. The number of piperidine rings is 1. The predicted molar refractivity (Wildman–Crippen MR) is 90.5 cm³/mol. The molecule has 0 unspecified atom stereocenters. The fourth-order valence-electron chi connectivity index (χ4n) is 4.17. The number of carbonyl (C=O) groups excluding carboxylic acids is 1. The third-order valence-electron chi connectivity index (χ3n) is 5.99. The molecule has 2 aliphatic rings. The summed E-state index contributed by atoms with van der Waals surface area (Å²) in [6.45, 7) is 6.38. The molecule has 2 fully saturated rings. The molecule has 0 bridgehead atoms. The highest BCUT2D eigenvalue weighted by atomic mass is 19.1. The van der Waals surface area contributed by atoms with E-state index in [1.807, 2.05) is 12.1 Å². The molecule has 1 aliphatic heterocycles. The van der Waals surface area contributed by atoms with Gasteiger partial charge in [0.15, 0.2) is 0 Å². The highest BCUT2D eigenvalue weighted by Crippen LogP contribution is 2.46. The Kier molecular flexibility index (Phi) is 4.74. The second-order valence-corrected chi connectivity index (χ2v) is 7.81. The van der Waals surface area contributed by atoms with Crippen LogP contribution in [-0.4, -0.2) is 23.9 Å². The van der Waals surface area contributed by atoms with Gasteiger partial charge in [-0.15, -0.1) is 0 Å². The monoisotopic (exact) mass is 317 g/mol. The molecule has 3 heteroatoms. The van der Waals surface area contributed by atoms with Crippen LogP contribution in [0.4, 0.5) is 4.39 Å². The van der Waals surface area contributed by atoms with Crippen molar-refractivity contribution in [1.29, 1.82) is 0 Å².